The standard InChI is InChI=1S/C12H12N4O4/c1-2-3-10-13-4-5-15(10)11-9(12(17)18)6-8(7-14-11)16(19)20/h4-7H,2-3H2,1H3,(H,17,18). The van der Waals surface area contributed by atoms with Crippen molar-refractivity contribution in [2.75, 3.05) is 0 Å². The minimum absolute atomic E-state index is 0.129. The maximum absolute atomic E-state index is 11.3. The van der Waals surface area contributed by atoms with Gasteiger partial charge in [-0.25, -0.2) is 14.8 Å². The summed E-state index contributed by atoms with van der Waals surface area (Å²) < 4.78 is 1.54. The summed E-state index contributed by atoms with van der Waals surface area (Å²) in [6.45, 7) is 1.97. The van der Waals surface area contributed by atoms with Crippen molar-refractivity contribution >= 4 is 11.7 Å². The van der Waals surface area contributed by atoms with Gasteiger partial charge in [-0.05, 0) is 6.42 Å². The van der Waals surface area contributed by atoms with Gasteiger partial charge in [-0.15, -0.1) is 0 Å². The van der Waals surface area contributed by atoms with E-state index >= 15 is 0 Å². The molecule has 2 rings (SSSR count). The predicted molar refractivity (Wildman–Crippen MR) is 69.0 cm³/mol. The number of hydrogen-bond acceptors (Lipinski definition) is 5. The molecular weight excluding hydrogens is 264 g/mol. The van der Waals surface area contributed by atoms with Crippen LogP contribution in [-0.4, -0.2) is 30.5 Å². The Morgan fingerprint density at radius 1 is 1.50 bits per heavy atom. The zero-order valence-corrected chi connectivity index (χ0v) is 10.7. The van der Waals surface area contributed by atoms with Crippen LogP contribution in [0.5, 0.6) is 0 Å². The van der Waals surface area contributed by atoms with Crippen molar-refractivity contribution in [2.45, 2.75) is 19.8 Å². The number of aromatic nitrogens is 3. The van der Waals surface area contributed by atoms with Crippen LogP contribution in [0, 0.1) is 10.1 Å². The molecule has 0 saturated heterocycles. The van der Waals surface area contributed by atoms with Crippen LogP contribution >= 0.6 is 0 Å². The fraction of sp³-hybridized carbons (Fsp3) is 0.250. The SMILES string of the molecule is CCCc1nccn1-c1ncc([N+](=O)[O-])cc1C(=O)O. The number of nitro groups is 1. The quantitative estimate of drug-likeness (QED) is 0.658. The highest BCUT2D eigenvalue weighted by Crippen LogP contribution is 2.20. The van der Waals surface area contributed by atoms with E-state index < -0.39 is 10.9 Å². The molecule has 0 aliphatic rings. The molecule has 20 heavy (non-hydrogen) atoms. The van der Waals surface area contributed by atoms with Gasteiger partial charge in [0.25, 0.3) is 5.69 Å². The average Bonchev–Trinajstić information content (AvgIpc) is 2.86. The highest BCUT2D eigenvalue weighted by Gasteiger charge is 2.20. The summed E-state index contributed by atoms with van der Waals surface area (Å²) in [7, 11) is 0. The second-order valence-corrected chi connectivity index (χ2v) is 4.09. The Kier molecular flexibility index (Phi) is 3.74. The lowest BCUT2D eigenvalue weighted by molar-refractivity contribution is -0.385. The summed E-state index contributed by atoms with van der Waals surface area (Å²) in [4.78, 5) is 29.3. The highest BCUT2D eigenvalue weighted by molar-refractivity contribution is 5.91. The molecule has 0 saturated carbocycles. The van der Waals surface area contributed by atoms with E-state index in [2.05, 4.69) is 9.97 Å². The molecule has 0 atom stereocenters. The van der Waals surface area contributed by atoms with E-state index in [0.29, 0.717) is 12.2 Å². The van der Waals surface area contributed by atoms with Crippen LogP contribution in [0.25, 0.3) is 5.82 Å². The molecule has 0 bridgehead atoms. The zero-order chi connectivity index (χ0) is 14.7. The van der Waals surface area contributed by atoms with Gasteiger partial charge in [0.1, 0.15) is 17.6 Å². The van der Waals surface area contributed by atoms with Gasteiger partial charge in [0.2, 0.25) is 0 Å². The van der Waals surface area contributed by atoms with Crippen LogP contribution in [0.1, 0.15) is 29.5 Å². The van der Waals surface area contributed by atoms with Gasteiger partial charge in [-0.3, -0.25) is 14.7 Å². The fourth-order valence-corrected chi connectivity index (χ4v) is 1.83. The number of carboxylic acid groups (broad SMARTS) is 1. The van der Waals surface area contributed by atoms with E-state index in [1.54, 1.807) is 12.4 Å². The van der Waals surface area contributed by atoms with Crippen molar-refractivity contribution in [2.24, 2.45) is 0 Å². The molecule has 2 aromatic rings. The van der Waals surface area contributed by atoms with Crippen LogP contribution in [0.3, 0.4) is 0 Å². The number of nitrogens with zero attached hydrogens (tertiary/aromatic N) is 4. The molecule has 0 radical (unpaired) electrons. The van der Waals surface area contributed by atoms with Crippen molar-refractivity contribution in [1.29, 1.82) is 0 Å². The third kappa shape index (κ3) is 2.48. The van der Waals surface area contributed by atoms with Crippen LogP contribution in [0.2, 0.25) is 0 Å². The zero-order valence-electron chi connectivity index (χ0n) is 10.7. The van der Waals surface area contributed by atoms with E-state index in [9.17, 15) is 20.0 Å². The molecule has 0 aromatic carbocycles. The Morgan fingerprint density at radius 3 is 2.85 bits per heavy atom. The Morgan fingerprint density at radius 2 is 2.25 bits per heavy atom. The maximum atomic E-state index is 11.3. The molecule has 1 N–H and O–H groups in total. The number of imidazole rings is 1. The Hall–Kier alpha value is -2.77. The molecule has 0 aliphatic heterocycles. The first-order valence-corrected chi connectivity index (χ1v) is 5.95. The summed E-state index contributed by atoms with van der Waals surface area (Å²) in [6, 6.07) is 1.00. The normalized spacial score (nSPS) is 10.4. The van der Waals surface area contributed by atoms with Crippen LogP contribution < -0.4 is 0 Å². The lowest BCUT2D eigenvalue weighted by Gasteiger charge is -2.09. The van der Waals surface area contributed by atoms with Gasteiger partial charge in [0, 0.05) is 24.9 Å². The van der Waals surface area contributed by atoms with Crippen molar-refractivity contribution in [3.63, 3.8) is 0 Å². The second kappa shape index (κ2) is 5.47. The van der Waals surface area contributed by atoms with E-state index in [0.717, 1.165) is 18.7 Å². The first kappa shape index (κ1) is 13.7. The fourth-order valence-electron chi connectivity index (χ4n) is 1.83. The van der Waals surface area contributed by atoms with Gasteiger partial charge >= 0.3 is 5.97 Å². The molecule has 8 heteroatoms. The topological polar surface area (TPSA) is 111 Å². The van der Waals surface area contributed by atoms with E-state index in [1.807, 2.05) is 6.92 Å². The van der Waals surface area contributed by atoms with E-state index in [4.69, 9.17) is 0 Å². The molecule has 0 amide bonds. The number of carboxylic acids is 1. The van der Waals surface area contributed by atoms with E-state index in [-0.39, 0.29) is 17.1 Å². The third-order valence-electron chi connectivity index (χ3n) is 2.71. The number of pyridine rings is 1. The number of carbonyl (C=O) groups is 1. The Labute approximate surface area is 113 Å². The highest BCUT2D eigenvalue weighted by atomic mass is 16.6. The molecular formula is C12H12N4O4. The van der Waals surface area contributed by atoms with E-state index in [1.165, 1.54) is 4.57 Å². The second-order valence-electron chi connectivity index (χ2n) is 4.09. The molecule has 0 spiro atoms. The summed E-state index contributed by atoms with van der Waals surface area (Å²) in [6.07, 6.45) is 5.67. The number of rotatable bonds is 5. The molecule has 0 aliphatic carbocycles. The Balaban J connectivity index is 2.58. The minimum Gasteiger partial charge on any atom is -0.478 e. The number of hydrogen-bond donors (Lipinski definition) is 1. The molecule has 0 unspecified atom stereocenters. The lowest BCUT2D eigenvalue weighted by Crippen LogP contribution is -2.10. The molecule has 2 aromatic heterocycles. The number of aryl methyl sites for hydroxylation is 1. The van der Waals surface area contributed by atoms with Crippen molar-refractivity contribution < 1.29 is 14.8 Å². The van der Waals surface area contributed by atoms with Crippen molar-refractivity contribution in [3.8, 4) is 5.82 Å². The average molecular weight is 276 g/mol. The summed E-state index contributed by atoms with van der Waals surface area (Å²) in [5, 5.41) is 19.9. The smallest absolute Gasteiger partial charge is 0.339 e. The van der Waals surface area contributed by atoms with Gasteiger partial charge < -0.3 is 5.11 Å². The van der Waals surface area contributed by atoms with Crippen molar-refractivity contribution in [1.82, 2.24) is 14.5 Å². The maximum Gasteiger partial charge on any atom is 0.339 e. The summed E-state index contributed by atoms with van der Waals surface area (Å²) in [5.41, 5.74) is -0.585. The summed E-state index contributed by atoms with van der Waals surface area (Å²) in [5.74, 6) is -0.479. The van der Waals surface area contributed by atoms with Gasteiger partial charge in [-0.2, -0.15) is 0 Å². The van der Waals surface area contributed by atoms with Gasteiger partial charge in [-0.1, -0.05) is 6.92 Å². The molecule has 2 heterocycles. The van der Waals surface area contributed by atoms with Crippen LogP contribution in [-0.2, 0) is 6.42 Å². The third-order valence-corrected chi connectivity index (χ3v) is 2.71. The molecule has 104 valence electrons. The van der Waals surface area contributed by atoms with Crippen molar-refractivity contribution in [3.05, 3.63) is 46.2 Å². The molecule has 0 fully saturated rings. The van der Waals surface area contributed by atoms with Crippen LogP contribution in [0.4, 0.5) is 5.69 Å². The summed E-state index contributed by atoms with van der Waals surface area (Å²) >= 11 is 0. The molecule has 8 nitrogen and oxygen atoms in total. The van der Waals surface area contributed by atoms with Gasteiger partial charge in [0.15, 0.2) is 5.82 Å². The predicted octanol–water partition coefficient (Wildman–Crippen LogP) is 1.83. The largest absolute Gasteiger partial charge is 0.478 e. The minimum atomic E-state index is -1.27. The van der Waals surface area contributed by atoms with Gasteiger partial charge in [0.05, 0.1) is 4.92 Å². The van der Waals surface area contributed by atoms with Crippen LogP contribution in [0.15, 0.2) is 24.7 Å². The number of aromatic carboxylic acids is 1. The Bertz CT molecular complexity index is 665. The monoisotopic (exact) mass is 276 g/mol. The lowest BCUT2D eigenvalue weighted by atomic mass is 10.2. The first-order valence-electron chi connectivity index (χ1n) is 5.95. The first-order chi connectivity index (χ1) is 9.54.